The lowest BCUT2D eigenvalue weighted by Gasteiger charge is -2.36. The van der Waals surface area contributed by atoms with Gasteiger partial charge in [0, 0.05) is 24.8 Å². The zero-order chi connectivity index (χ0) is 14.8. The molecule has 0 bridgehead atoms. The number of ether oxygens (including phenoxy) is 1. The van der Waals surface area contributed by atoms with Gasteiger partial charge in [-0.25, -0.2) is 4.98 Å². The number of aromatic nitrogens is 3. The van der Waals surface area contributed by atoms with Gasteiger partial charge < -0.3 is 9.64 Å². The molecular weight excluding hydrogens is 288 g/mol. The van der Waals surface area contributed by atoms with Gasteiger partial charge in [0.2, 0.25) is 0 Å². The second kappa shape index (κ2) is 5.87. The van der Waals surface area contributed by atoms with Gasteiger partial charge in [0.15, 0.2) is 6.29 Å². The second-order valence-electron chi connectivity index (χ2n) is 5.16. The Morgan fingerprint density at radius 1 is 1.38 bits per heavy atom. The van der Waals surface area contributed by atoms with Crippen molar-refractivity contribution in [1.82, 2.24) is 15.2 Å². The Morgan fingerprint density at radius 2 is 2.14 bits per heavy atom. The number of hydrogen-bond acceptors (Lipinski definition) is 7. The van der Waals surface area contributed by atoms with Gasteiger partial charge in [0.1, 0.15) is 16.3 Å². The summed E-state index contributed by atoms with van der Waals surface area (Å²) in [6.45, 7) is 5.52. The molecule has 21 heavy (non-hydrogen) atoms. The third kappa shape index (κ3) is 2.93. The monoisotopic (exact) mass is 304 g/mol. The molecule has 3 rings (SSSR count). The number of rotatable bonds is 3. The van der Waals surface area contributed by atoms with E-state index in [1.165, 1.54) is 11.3 Å². The minimum atomic E-state index is 0.123. The Bertz CT molecular complexity index is 622. The molecule has 0 radical (unpaired) electrons. The Balaban J connectivity index is 1.94. The van der Waals surface area contributed by atoms with Gasteiger partial charge in [-0.05, 0) is 19.9 Å². The summed E-state index contributed by atoms with van der Waals surface area (Å²) in [6.07, 6.45) is 2.83. The highest BCUT2D eigenvalue weighted by Gasteiger charge is 2.25. The third-order valence-corrected chi connectivity index (χ3v) is 4.09. The number of carbonyl (C=O) groups excluding carboxylic acids is 1. The van der Waals surface area contributed by atoms with Crippen LogP contribution in [0.15, 0.2) is 17.8 Å². The minimum absolute atomic E-state index is 0.123. The van der Waals surface area contributed by atoms with Crippen molar-refractivity contribution in [2.24, 2.45) is 0 Å². The van der Waals surface area contributed by atoms with Crippen LogP contribution in [-0.2, 0) is 4.74 Å². The van der Waals surface area contributed by atoms with Crippen molar-refractivity contribution in [2.75, 3.05) is 18.0 Å². The maximum absolute atomic E-state index is 11.4. The molecule has 2 aromatic rings. The maximum Gasteiger partial charge on any atom is 0.153 e. The molecule has 1 aliphatic heterocycles. The van der Waals surface area contributed by atoms with E-state index in [0.717, 1.165) is 29.9 Å². The summed E-state index contributed by atoms with van der Waals surface area (Å²) >= 11 is 1.43. The average Bonchev–Trinajstić information content (AvgIpc) is 2.99. The zero-order valence-corrected chi connectivity index (χ0v) is 12.7. The highest BCUT2D eigenvalue weighted by Crippen LogP contribution is 2.26. The largest absolute Gasteiger partial charge is 0.372 e. The summed E-state index contributed by atoms with van der Waals surface area (Å²) in [6, 6.07) is 1.82. The SMILES string of the molecule is CC1CN(c2ncc(-c3nncs3)cc2C=O)CC(C)O1. The van der Waals surface area contributed by atoms with Gasteiger partial charge in [-0.15, -0.1) is 10.2 Å². The van der Waals surface area contributed by atoms with Gasteiger partial charge in [0.05, 0.1) is 17.8 Å². The number of hydrogen-bond donors (Lipinski definition) is 0. The molecule has 0 amide bonds. The second-order valence-corrected chi connectivity index (χ2v) is 5.99. The molecule has 0 saturated carbocycles. The Kier molecular flexibility index (Phi) is 3.94. The molecule has 0 aromatic carbocycles. The van der Waals surface area contributed by atoms with Gasteiger partial charge in [0.25, 0.3) is 0 Å². The first-order chi connectivity index (χ1) is 10.2. The van der Waals surface area contributed by atoms with E-state index in [-0.39, 0.29) is 12.2 Å². The highest BCUT2D eigenvalue weighted by molar-refractivity contribution is 7.12. The highest BCUT2D eigenvalue weighted by atomic mass is 32.1. The topological polar surface area (TPSA) is 68.2 Å². The van der Waals surface area contributed by atoms with Crippen LogP contribution in [0.4, 0.5) is 5.82 Å². The minimum Gasteiger partial charge on any atom is -0.372 e. The van der Waals surface area contributed by atoms with Crippen molar-refractivity contribution in [3.05, 3.63) is 23.3 Å². The summed E-state index contributed by atoms with van der Waals surface area (Å²) < 4.78 is 5.72. The fourth-order valence-electron chi connectivity index (χ4n) is 2.59. The molecule has 0 aliphatic carbocycles. The van der Waals surface area contributed by atoms with E-state index in [1.54, 1.807) is 11.7 Å². The van der Waals surface area contributed by atoms with Crippen LogP contribution < -0.4 is 4.90 Å². The van der Waals surface area contributed by atoms with E-state index >= 15 is 0 Å². The maximum atomic E-state index is 11.4. The Hall–Kier alpha value is -1.86. The molecule has 2 unspecified atom stereocenters. The van der Waals surface area contributed by atoms with E-state index in [1.807, 2.05) is 19.9 Å². The lowest BCUT2D eigenvalue weighted by Crippen LogP contribution is -2.46. The van der Waals surface area contributed by atoms with Crippen LogP contribution in [-0.4, -0.2) is 46.8 Å². The molecular formula is C14H16N4O2S. The first kappa shape index (κ1) is 14.1. The van der Waals surface area contributed by atoms with Gasteiger partial charge in [-0.3, -0.25) is 4.79 Å². The summed E-state index contributed by atoms with van der Waals surface area (Å²) in [5.74, 6) is 0.709. The summed E-state index contributed by atoms with van der Waals surface area (Å²) in [4.78, 5) is 18.0. The van der Waals surface area contributed by atoms with E-state index in [9.17, 15) is 4.79 Å². The Morgan fingerprint density at radius 3 is 2.76 bits per heavy atom. The van der Waals surface area contributed by atoms with Crippen molar-refractivity contribution in [3.8, 4) is 10.6 Å². The summed E-state index contributed by atoms with van der Waals surface area (Å²) in [5, 5.41) is 8.58. The molecule has 0 N–H and O–H groups in total. The van der Waals surface area contributed by atoms with Crippen LogP contribution in [0.1, 0.15) is 24.2 Å². The molecule has 110 valence electrons. The molecule has 2 aromatic heterocycles. The Labute approximate surface area is 126 Å². The van der Waals surface area contributed by atoms with E-state index in [0.29, 0.717) is 11.4 Å². The van der Waals surface area contributed by atoms with Gasteiger partial charge in [-0.1, -0.05) is 11.3 Å². The van der Waals surface area contributed by atoms with Crippen LogP contribution >= 0.6 is 11.3 Å². The number of nitrogens with zero attached hydrogens (tertiary/aromatic N) is 4. The zero-order valence-electron chi connectivity index (χ0n) is 11.9. The molecule has 7 heteroatoms. The molecule has 0 spiro atoms. The number of carbonyl (C=O) groups is 1. The summed E-state index contributed by atoms with van der Waals surface area (Å²) in [5.41, 5.74) is 3.05. The van der Waals surface area contributed by atoms with E-state index in [4.69, 9.17) is 4.74 Å². The first-order valence-corrected chi connectivity index (χ1v) is 7.67. The summed E-state index contributed by atoms with van der Waals surface area (Å²) in [7, 11) is 0. The predicted molar refractivity (Wildman–Crippen MR) is 80.7 cm³/mol. The molecule has 6 nitrogen and oxygen atoms in total. The first-order valence-electron chi connectivity index (χ1n) is 6.79. The van der Waals surface area contributed by atoms with E-state index < -0.39 is 0 Å². The lowest BCUT2D eigenvalue weighted by atomic mass is 10.1. The number of pyridine rings is 1. The quantitative estimate of drug-likeness (QED) is 0.808. The van der Waals surface area contributed by atoms with E-state index in [2.05, 4.69) is 20.1 Å². The molecule has 2 atom stereocenters. The number of morpholine rings is 1. The van der Waals surface area contributed by atoms with Crippen LogP contribution in [0, 0.1) is 0 Å². The van der Waals surface area contributed by atoms with Crippen molar-refractivity contribution < 1.29 is 9.53 Å². The lowest BCUT2D eigenvalue weighted by molar-refractivity contribution is -0.00549. The molecule has 1 fully saturated rings. The molecule has 1 aliphatic rings. The van der Waals surface area contributed by atoms with Crippen molar-refractivity contribution in [1.29, 1.82) is 0 Å². The van der Waals surface area contributed by atoms with Crippen LogP contribution in [0.5, 0.6) is 0 Å². The van der Waals surface area contributed by atoms with Crippen molar-refractivity contribution >= 4 is 23.4 Å². The fourth-order valence-corrected chi connectivity index (χ4v) is 3.13. The number of anilines is 1. The molecule has 1 saturated heterocycles. The van der Waals surface area contributed by atoms with Crippen molar-refractivity contribution in [3.63, 3.8) is 0 Å². The predicted octanol–water partition coefficient (Wildman–Crippen LogP) is 2.03. The average molecular weight is 304 g/mol. The van der Waals surface area contributed by atoms with Gasteiger partial charge in [-0.2, -0.15) is 0 Å². The fraction of sp³-hybridized carbons (Fsp3) is 0.429. The van der Waals surface area contributed by atoms with Crippen LogP contribution in [0.3, 0.4) is 0 Å². The third-order valence-electron chi connectivity index (χ3n) is 3.35. The van der Waals surface area contributed by atoms with Crippen LogP contribution in [0.2, 0.25) is 0 Å². The normalized spacial score (nSPS) is 22.3. The van der Waals surface area contributed by atoms with Gasteiger partial charge >= 0.3 is 0 Å². The molecule has 3 heterocycles. The standard InChI is InChI=1S/C14H16N4O2S/c1-9-5-18(6-10(2)20-9)13-12(7-19)3-11(4-15-13)14-17-16-8-21-14/h3-4,7-10H,5-6H2,1-2H3. The van der Waals surface area contributed by atoms with Crippen molar-refractivity contribution in [2.45, 2.75) is 26.1 Å². The van der Waals surface area contributed by atoms with Crippen LogP contribution in [0.25, 0.3) is 10.6 Å². The smallest absolute Gasteiger partial charge is 0.153 e. The number of aldehydes is 1.